The van der Waals surface area contributed by atoms with E-state index in [1.54, 1.807) is 13.2 Å². The number of hydrogen-bond donors (Lipinski definition) is 1. The molecule has 0 bridgehead atoms. The normalized spacial score (nSPS) is 10.9. The third-order valence-corrected chi connectivity index (χ3v) is 4.76. The van der Waals surface area contributed by atoms with Crippen molar-refractivity contribution in [2.24, 2.45) is 0 Å². The molecule has 0 aliphatic carbocycles. The summed E-state index contributed by atoms with van der Waals surface area (Å²) in [5.74, 6) is -0.700. The van der Waals surface area contributed by atoms with Gasteiger partial charge in [0.25, 0.3) is 0 Å². The van der Waals surface area contributed by atoms with Crippen LogP contribution in [-0.2, 0) is 0 Å². The fraction of sp³-hybridized carbons (Fsp3) is 0.118. The lowest BCUT2D eigenvalue weighted by atomic mass is 9.97. The lowest BCUT2D eigenvalue weighted by molar-refractivity contribution is 0.0703. The van der Waals surface area contributed by atoms with E-state index >= 15 is 0 Å². The molecule has 0 unspecified atom stereocenters. The number of carboxylic acids is 1. The minimum absolute atomic E-state index is 0.206. The van der Waals surface area contributed by atoms with E-state index in [2.05, 4.69) is 0 Å². The standard InChI is InChI=1S/C17H13FO3S/c1-9-11(4-3-5-13(9)21-2)15-12-7-6-10(18)8-14(12)22-16(15)17(19)20/h3-8H,1-2H3,(H,19,20). The van der Waals surface area contributed by atoms with Crippen molar-refractivity contribution in [1.82, 2.24) is 0 Å². The average molecular weight is 316 g/mol. The number of thiophene rings is 1. The highest BCUT2D eigenvalue weighted by atomic mass is 32.1. The minimum atomic E-state index is -1.01. The van der Waals surface area contributed by atoms with Crippen molar-refractivity contribution in [1.29, 1.82) is 0 Å². The molecule has 1 aromatic heterocycles. The summed E-state index contributed by atoms with van der Waals surface area (Å²) in [6, 6.07) is 9.84. The first-order valence-electron chi connectivity index (χ1n) is 6.62. The van der Waals surface area contributed by atoms with Crippen molar-refractivity contribution in [3.8, 4) is 16.9 Å². The predicted octanol–water partition coefficient (Wildman–Crippen LogP) is 4.72. The highest BCUT2D eigenvalue weighted by Gasteiger charge is 2.21. The average Bonchev–Trinajstić information content (AvgIpc) is 2.86. The quantitative estimate of drug-likeness (QED) is 0.760. The number of hydrogen-bond acceptors (Lipinski definition) is 3. The van der Waals surface area contributed by atoms with Crippen LogP contribution in [0.15, 0.2) is 36.4 Å². The first-order valence-corrected chi connectivity index (χ1v) is 7.44. The molecule has 3 rings (SSSR count). The van der Waals surface area contributed by atoms with E-state index in [1.165, 1.54) is 12.1 Å². The second kappa shape index (κ2) is 5.42. The summed E-state index contributed by atoms with van der Waals surface area (Å²) < 4.78 is 19.3. The van der Waals surface area contributed by atoms with Gasteiger partial charge in [-0.2, -0.15) is 0 Å². The van der Waals surface area contributed by atoms with Crippen LogP contribution in [0.1, 0.15) is 15.2 Å². The summed E-state index contributed by atoms with van der Waals surface area (Å²) in [6.45, 7) is 1.88. The van der Waals surface area contributed by atoms with Crippen LogP contribution in [0.2, 0.25) is 0 Å². The number of rotatable bonds is 3. The van der Waals surface area contributed by atoms with E-state index in [1.807, 2.05) is 25.1 Å². The van der Waals surface area contributed by atoms with Crippen LogP contribution in [0.3, 0.4) is 0 Å². The van der Waals surface area contributed by atoms with E-state index in [-0.39, 0.29) is 10.7 Å². The first kappa shape index (κ1) is 14.5. The maximum Gasteiger partial charge on any atom is 0.346 e. The Kier molecular flexibility index (Phi) is 3.58. The summed E-state index contributed by atoms with van der Waals surface area (Å²) in [7, 11) is 1.57. The van der Waals surface area contributed by atoms with E-state index < -0.39 is 5.97 Å². The molecular formula is C17H13FO3S. The third-order valence-electron chi connectivity index (χ3n) is 3.62. The zero-order chi connectivity index (χ0) is 15.9. The second-order valence-corrected chi connectivity index (χ2v) is 5.94. The van der Waals surface area contributed by atoms with Gasteiger partial charge in [0, 0.05) is 15.6 Å². The number of carbonyl (C=O) groups is 1. The van der Waals surface area contributed by atoms with Gasteiger partial charge in [0.1, 0.15) is 16.4 Å². The van der Waals surface area contributed by atoms with Crippen molar-refractivity contribution < 1.29 is 19.0 Å². The van der Waals surface area contributed by atoms with Crippen LogP contribution in [0.4, 0.5) is 4.39 Å². The van der Waals surface area contributed by atoms with Crippen LogP contribution in [0.5, 0.6) is 5.75 Å². The van der Waals surface area contributed by atoms with E-state index in [0.717, 1.165) is 27.8 Å². The number of benzene rings is 2. The molecule has 1 N–H and O–H groups in total. The Balaban J connectivity index is 2.39. The Bertz CT molecular complexity index is 883. The number of methoxy groups -OCH3 is 1. The van der Waals surface area contributed by atoms with Gasteiger partial charge in [-0.25, -0.2) is 9.18 Å². The summed E-state index contributed by atoms with van der Waals surface area (Å²) >= 11 is 1.08. The zero-order valence-corrected chi connectivity index (χ0v) is 12.8. The molecule has 0 saturated carbocycles. The maximum absolute atomic E-state index is 13.4. The highest BCUT2D eigenvalue weighted by molar-refractivity contribution is 7.21. The fourth-order valence-electron chi connectivity index (χ4n) is 2.59. The summed E-state index contributed by atoms with van der Waals surface area (Å²) in [5, 5.41) is 10.2. The minimum Gasteiger partial charge on any atom is -0.496 e. The van der Waals surface area contributed by atoms with Crippen LogP contribution in [0, 0.1) is 12.7 Å². The van der Waals surface area contributed by atoms with Gasteiger partial charge in [0.05, 0.1) is 7.11 Å². The van der Waals surface area contributed by atoms with Gasteiger partial charge >= 0.3 is 5.97 Å². The van der Waals surface area contributed by atoms with Crippen molar-refractivity contribution in [2.45, 2.75) is 6.92 Å². The first-order chi connectivity index (χ1) is 10.5. The van der Waals surface area contributed by atoms with Gasteiger partial charge in [-0.15, -0.1) is 11.3 Å². The molecule has 0 spiro atoms. The van der Waals surface area contributed by atoms with Crippen LogP contribution < -0.4 is 4.74 Å². The van der Waals surface area contributed by atoms with Crippen molar-refractivity contribution in [2.75, 3.05) is 7.11 Å². The molecule has 3 aromatic rings. The molecule has 112 valence electrons. The van der Waals surface area contributed by atoms with Crippen LogP contribution in [0.25, 0.3) is 21.2 Å². The lowest BCUT2D eigenvalue weighted by Gasteiger charge is -2.11. The molecule has 0 atom stereocenters. The molecule has 0 amide bonds. The van der Waals surface area contributed by atoms with Crippen molar-refractivity contribution >= 4 is 27.4 Å². The van der Waals surface area contributed by atoms with Gasteiger partial charge in [-0.05, 0) is 42.3 Å². The topological polar surface area (TPSA) is 46.5 Å². The molecular weight excluding hydrogens is 303 g/mol. The monoisotopic (exact) mass is 316 g/mol. The van der Waals surface area contributed by atoms with Gasteiger partial charge in [-0.3, -0.25) is 0 Å². The number of fused-ring (bicyclic) bond motifs is 1. The van der Waals surface area contributed by atoms with E-state index in [4.69, 9.17) is 4.74 Å². The molecule has 1 heterocycles. The molecule has 0 fully saturated rings. The number of carboxylic acid groups (broad SMARTS) is 1. The van der Waals surface area contributed by atoms with E-state index in [0.29, 0.717) is 16.0 Å². The SMILES string of the molecule is COc1cccc(-c2c(C(=O)O)sc3cc(F)ccc23)c1C. The Hall–Kier alpha value is -2.40. The molecule has 3 nitrogen and oxygen atoms in total. The molecule has 0 saturated heterocycles. The Morgan fingerprint density at radius 2 is 2.05 bits per heavy atom. The fourth-order valence-corrected chi connectivity index (χ4v) is 3.68. The molecule has 5 heteroatoms. The molecule has 2 aromatic carbocycles. The van der Waals surface area contributed by atoms with Gasteiger partial charge in [0.2, 0.25) is 0 Å². The summed E-state index contributed by atoms with van der Waals surface area (Å²) in [6.07, 6.45) is 0. The van der Waals surface area contributed by atoms with E-state index in [9.17, 15) is 14.3 Å². The lowest BCUT2D eigenvalue weighted by Crippen LogP contribution is -1.97. The largest absolute Gasteiger partial charge is 0.496 e. The zero-order valence-electron chi connectivity index (χ0n) is 12.0. The summed E-state index contributed by atoms with van der Waals surface area (Å²) in [5.41, 5.74) is 2.26. The number of ether oxygens (including phenoxy) is 1. The summed E-state index contributed by atoms with van der Waals surface area (Å²) in [4.78, 5) is 11.8. The third kappa shape index (κ3) is 2.23. The smallest absolute Gasteiger partial charge is 0.346 e. The van der Waals surface area contributed by atoms with Crippen LogP contribution >= 0.6 is 11.3 Å². The maximum atomic E-state index is 13.4. The van der Waals surface area contributed by atoms with Gasteiger partial charge < -0.3 is 9.84 Å². The Labute approximate surface area is 130 Å². The van der Waals surface area contributed by atoms with Crippen LogP contribution in [-0.4, -0.2) is 18.2 Å². The predicted molar refractivity (Wildman–Crippen MR) is 85.5 cm³/mol. The number of halogens is 1. The number of aromatic carboxylic acids is 1. The van der Waals surface area contributed by atoms with Crippen molar-refractivity contribution in [3.63, 3.8) is 0 Å². The molecule has 0 aliphatic heterocycles. The van der Waals surface area contributed by atoms with Crippen molar-refractivity contribution in [3.05, 3.63) is 52.7 Å². The van der Waals surface area contributed by atoms with Gasteiger partial charge in [0.15, 0.2) is 0 Å². The molecule has 0 aliphatic rings. The Morgan fingerprint density at radius 3 is 2.73 bits per heavy atom. The Morgan fingerprint density at radius 1 is 1.27 bits per heavy atom. The molecule has 22 heavy (non-hydrogen) atoms. The highest BCUT2D eigenvalue weighted by Crippen LogP contribution is 2.42. The second-order valence-electron chi connectivity index (χ2n) is 4.88. The van der Waals surface area contributed by atoms with Gasteiger partial charge in [-0.1, -0.05) is 12.1 Å². The molecule has 0 radical (unpaired) electrons.